The number of likely N-dealkylation sites (N-methyl/N-ethyl adjacent to an activating group) is 1. The number of unbranched alkanes of at least 4 members (excludes halogenated alkanes) is 2. The van der Waals surface area contributed by atoms with E-state index in [1.807, 2.05) is 0 Å². The van der Waals surface area contributed by atoms with E-state index in [2.05, 4.69) is 36.6 Å². The van der Waals surface area contributed by atoms with Gasteiger partial charge in [-0.1, -0.05) is 32.1 Å². The fraction of sp³-hybridized carbons (Fsp3) is 0.542. The van der Waals surface area contributed by atoms with Gasteiger partial charge in [0.25, 0.3) is 0 Å². The van der Waals surface area contributed by atoms with Gasteiger partial charge in [0.1, 0.15) is 0 Å². The summed E-state index contributed by atoms with van der Waals surface area (Å²) in [5, 5.41) is 5.49. The maximum atomic E-state index is 12.3. The number of benzene rings is 1. The lowest BCUT2D eigenvalue weighted by molar-refractivity contribution is -0.121. The molecular weight excluding hydrogens is 424 g/mol. The van der Waals surface area contributed by atoms with Crippen LogP contribution in [0.1, 0.15) is 45.1 Å². The van der Waals surface area contributed by atoms with Gasteiger partial charge in [-0.15, -0.1) is 0 Å². The number of hydrogen-bond donors (Lipinski definition) is 3. The number of nitrogens with zero attached hydrogens (tertiary/aromatic N) is 1. The lowest BCUT2D eigenvalue weighted by atomic mass is 10.1. The van der Waals surface area contributed by atoms with Gasteiger partial charge in [-0.2, -0.15) is 0 Å². The van der Waals surface area contributed by atoms with Crippen molar-refractivity contribution in [3.05, 3.63) is 35.9 Å². The largest absolute Gasteiger partial charge is 0.493 e. The number of rotatable bonds is 14. The number of carbonyl (C=O) groups excluding carboxylic acids is 3. The molecule has 1 rings (SSSR count). The van der Waals surface area contributed by atoms with E-state index in [4.69, 9.17) is 15.2 Å². The molecule has 0 aliphatic carbocycles. The third-order valence-electron chi connectivity index (χ3n) is 4.73. The molecule has 0 saturated carbocycles. The first-order chi connectivity index (χ1) is 15.8. The molecule has 9 nitrogen and oxygen atoms in total. The molecule has 0 radical (unpaired) electrons. The number of carbonyl (C=O) groups is 3. The number of hydrogen-bond acceptors (Lipinski definition) is 6. The maximum absolute atomic E-state index is 12.3. The number of ether oxygens (including phenoxy) is 2. The molecule has 0 atom stereocenters. The molecule has 0 aromatic heterocycles. The van der Waals surface area contributed by atoms with Gasteiger partial charge in [-0.25, -0.2) is 4.79 Å². The van der Waals surface area contributed by atoms with Crippen molar-refractivity contribution in [2.45, 2.75) is 46.1 Å². The molecule has 0 unspecified atom stereocenters. The summed E-state index contributed by atoms with van der Waals surface area (Å²) in [6, 6.07) is 5.12. The van der Waals surface area contributed by atoms with Gasteiger partial charge >= 0.3 is 6.09 Å². The van der Waals surface area contributed by atoms with Crippen LogP contribution in [0.4, 0.5) is 4.79 Å². The minimum Gasteiger partial charge on any atom is -0.493 e. The maximum Gasteiger partial charge on any atom is 0.415 e. The van der Waals surface area contributed by atoms with E-state index < -0.39 is 6.09 Å². The summed E-state index contributed by atoms with van der Waals surface area (Å²) in [6.07, 6.45) is 7.06. The summed E-state index contributed by atoms with van der Waals surface area (Å²) in [4.78, 5) is 36.8. The molecule has 0 bridgehead atoms. The second kappa shape index (κ2) is 15.7. The van der Waals surface area contributed by atoms with Gasteiger partial charge in [-0.3, -0.25) is 9.59 Å². The highest BCUT2D eigenvalue weighted by molar-refractivity contribution is 5.78. The Bertz CT molecular complexity index is 795. The fourth-order valence-electron chi connectivity index (χ4n) is 2.81. The van der Waals surface area contributed by atoms with E-state index in [1.165, 1.54) is 12.0 Å². The Morgan fingerprint density at radius 2 is 1.88 bits per heavy atom. The van der Waals surface area contributed by atoms with Gasteiger partial charge < -0.3 is 30.7 Å². The van der Waals surface area contributed by atoms with E-state index in [1.54, 1.807) is 25.2 Å². The van der Waals surface area contributed by atoms with E-state index in [0.29, 0.717) is 24.6 Å². The number of amides is 3. The summed E-state index contributed by atoms with van der Waals surface area (Å²) in [6.45, 7) is 5.08. The van der Waals surface area contributed by atoms with Crippen LogP contribution >= 0.6 is 0 Å². The van der Waals surface area contributed by atoms with Gasteiger partial charge in [0, 0.05) is 33.1 Å². The molecule has 0 heterocycles. The second-order valence-electron chi connectivity index (χ2n) is 8.02. The van der Waals surface area contributed by atoms with Crippen LogP contribution in [0.5, 0.6) is 11.5 Å². The Morgan fingerprint density at radius 1 is 1.12 bits per heavy atom. The van der Waals surface area contributed by atoms with Crippen LogP contribution < -0.4 is 25.8 Å². The van der Waals surface area contributed by atoms with Crippen molar-refractivity contribution in [1.29, 1.82) is 0 Å². The van der Waals surface area contributed by atoms with Crippen LogP contribution in [0, 0.1) is 5.92 Å². The highest BCUT2D eigenvalue weighted by Crippen LogP contribution is 2.28. The molecule has 184 valence electrons. The average Bonchev–Trinajstić information content (AvgIpc) is 2.79. The summed E-state index contributed by atoms with van der Waals surface area (Å²) >= 11 is 0. The molecule has 9 heteroatoms. The molecule has 33 heavy (non-hydrogen) atoms. The zero-order valence-corrected chi connectivity index (χ0v) is 20.2. The predicted molar refractivity (Wildman–Crippen MR) is 128 cm³/mol. The molecule has 0 aliphatic rings. The highest BCUT2D eigenvalue weighted by Gasteiger charge is 2.15. The zero-order chi connectivity index (χ0) is 24.6. The molecule has 0 aliphatic heterocycles. The molecule has 0 fully saturated rings. The van der Waals surface area contributed by atoms with Crippen molar-refractivity contribution < 1.29 is 23.9 Å². The van der Waals surface area contributed by atoms with Gasteiger partial charge in [0.15, 0.2) is 11.5 Å². The topological polar surface area (TPSA) is 123 Å². The minimum absolute atomic E-state index is 0.000613. The van der Waals surface area contributed by atoms with Crippen molar-refractivity contribution in [3.63, 3.8) is 0 Å². The van der Waals surface area contributed by atoms with E-state index in [9.17, 15) is 14.4 Å². The normalized spacial score (nSPS) is 10.8. The molecule has 0 spiro atoms. The lowest BCUT2D eigenvalue weighted by Gasteiger charge is -2.18. The van der Waals surface area contributed by atoms with Crippen LogP contribution in [0.25, 0.3) is 0 Å². The Hall–Kier alpha value is -3.07. The fourth-order valence-corrected chi connectivity index (χ4v) is 2.81. The van der Waals surface area contributed by atoms with E-state index in [0.717, 1.165) is 24.8 Å². The van der Waals surface area contributed by atoms with Gasteiger partial charge in [-0.05, 0) is 42.9 Å². The summed E-state index contributed by atoms with van der Waals surface area (Å²) in [7, 11) is 3.04. The van der Waals surface area contributed by atoms with Crippen LogP contribution in [-0.2, 0) is 16.1 Å². The van der Waals surface area contributed by atoms with E-state index in [-0.39, 0.29) is 37.2 Å². The third-order valence-corrected chi connectivity index (χ3v) is 4.73. The van der Waals surface area contributed by atoms with Gasteiger partial charge in [0.2, 0.25) is 11.8 Å². The van der Waals surface area contributed by atoms with Crippen molar-refractivity contribution in [3.8, 4) is 11.5 Å². The number of nitrogens with one attached hydrogen (secondary N) is 2. The van der Waals surface area contributed by atoms with Gasteiger partial charge in [0.05, 0.1) is 13.7 Å². The first-order valence-corrected chi connectivity index (χ1v) is 11.3. The van der Waals surface area contributed by atoms with Crippen molar-refractivity contribution in [1.82, 2.24) is 15.5 Å². The van der Waals surface area contributed by atoms with Crippen LogP contribution in [-0.4, -0.2) is 56.6 Å². The molecular formula is C24H38N4O5. The Kier molecular flexibility index (Phi) is 13.3. The highest BCUT2D eigenvalue weighted by atomic mass is 16.6. The van der Waals surface area contributed by atoms with E-state index >= 15 is 0 Å². The quantitative estimate of drug-likeness (QED) is 0.288. The average molecular weight is 463 g/mol. The SMILES string of the molecule is COc1cc(CNC(=O)CCCC/C=C/C(C)C)ccc1OC(=O)N(C)CCNC(=O)CN. The number of nitrogens with two attached hydrogens (primary N) is 1. The van der Waals surface area contributed by atoms with Crippen LogP contribution in [0.15, 0.2) is 30.4 Å². The first kappa shape index (κ1) is 28.0. The summed E-state index contributed by atoms with van der Waals surface area (Å²) in [5.41, 5.74) is 6.05. The van der Waals surface area contributed by atoms with Crippen molar-refractivity contribution >= 4 is 17.9 Å². The first-order valence-electron chi connectivity index (χ1n) is 11.3. The minimum atomic E-state index is -0.584. The molecule has 1 aromatic carbocycles. The van der Waals surface area contributed by atoms with Crippen molar-refractivity contribution in [2.24, 2.45) is 11.7 Å². The monoisotopic (exact) mass is 462 g/mol. The molecule has 3 amide bonds. The van der Waals surface area contributed by atoms with Crippen LogP contribution in [0.2, 0.25) is 0 Å². The standard InChI is InChI=1S/C24H38N4O5/c1-18(2)9-7-5-6-8-10-22(29)27-17-19-11-12-20(21(15-19)32-4)33-24(31)28(3)14-13-26-23(30)16-25/h7,9,11-12,15,18H,5-6,8,10,13-14,16-17,25H2,1-4H3,(H,26,30)(H,27,29)/b9-7+. The second-order valence-corrected chi connectivity index (χ2v) is 8.02. The van der Waals surface area contributed by atoms with Crippen LogP contribution in [0.3, 0.4) is 0 Å². The summed E-state index contributed by atoms with van der Waals surface area (Å²) in [5.74, 6) is 0.916. The Balaban J connectivity index is 2.47. The number of methoxy groups -OCH3 is 1. The number of allylic oxidation sites excluding steroid dienone is 2. The predicted octanol–water partition coefficient (Wildman–Crippen LogP) is 2.59. The zero-order valence-electron chi connectivity index (χ0n) is 20.2. The van der Waals surface area contributed by atoms with Crippen molar-refractivity contribution in [2.75, 3.05) is 33.8 Å². The Morgan fingerprint density at radius 3 is 2.55 bits per heavy atom. The lowest BCUT2D eigenvalue weighted by Crippen LogP contribution is -2.39. The molecule has 4 N–H and O–H groups in total. The third kappa shape index (κ3) is 11.9. The molecule has 1 aromatic rings. The summed E-state index contributed by atoms with van der Waals surface area (Å²) < 4.78 is 10.7. The molecule has 0 saturated heterocycles. The Labute approximate surface area is 196 Å². The smallest absolute Gasteiger partial charge is 0.415 e.